The van der Waals surface area contributed by atoms with E-state index in [0.29, 0.717) is 0 Å². The second-order valence-corrected chi connectivity index (χ2v) is 3.92. The fraction of sp³-hybridized carbons (Fsp3) is 0.250. The summed E-state index contributed by atoms with van der Waals surface area (Å²) < 4.78 is 0. The highest BCUT2D eigenvalue weighted by Gasteiger charge is 1.96. The van der Waals surface area contributed by atoms with Crippen molar-refractivity contribution in [2.45, 2.75) is 26.7 Å². The molecule has 0 heterocycles. The molecule has 0 aliphatic rings. The van der Waals surface area contributed by atoms with E-state index >= 15 is 0 Å². The van der Waals surface area contributed by atoms with Crippen LogP contribution >= 0.6 is 0 Å². The van der Waals surface area contributed by atoms with Crippen molar-refractivity contribution in [3.05, 3.63) is 66.3 Å². The minimum atomic E-state index is 1.16. The molecule has 0 atom stereocenters. The molecule has 0 fully saturated rings. The molecule has 1 aromatic carbocycles. The van der Waals surface area contributed by atoms with Gasteiger partial charge < -0.3 is 0 Å². The Labute approximate surface area is 99.0 Å². The molecule has 0 N–H and O–H groups in total. The quantitative estimate of drug-likeness (QED) is 0.616. The molecule has 0 amide bonds. The maximum absolute atomic E-state index is 3.65. The van der Waals surface area contributed by atoms with E-state index in [9.17, 15) is 0 Å². The summed E-state index contributed by atoms with van der Waals surface area (Å²) in [6.45, 7) is 8.00. The van der Waals surface area contributed by atoms with E-state index in [0.717, 1.165) is 6.42 Å². The maximum atomic E-state index is 3.65. The molecule has 0 spiro atoms. The number of rotatable bonds is 5. The summed E-state index contributed by atoms with van der Waals surface area (Å²) in [7, 11) is 0. The van der Waals surface area contributed by atoms with E-state index in [1.807, 2.05) is 12.2 Å². The average molecular weight is 212 g/mol. The van der Waals surface area contributed by atoms with Crippen LogP contribution in [0.1, 0.15) is 31.4 Å². The molecule has 0 saturated carbocycles. The molecule has 0 heteroatoms. The third-order valence-corrected chi connectivity index (χ3v) is 2.51. The standard InChI is InChI=1S/C16H20/c1-4-6-7-10-14(3)16-12-8-11-15(13-16)9-5-2/h4,6-8,10-13H,1,5,9H2,2-3H3/b7-6-,14-10+. The van der Waals surface area contributed by atoms with Gasteiger partial charge in [-0.1, -0.05) is 68.5 Å². The van der Waals surface area contributed by atoms with Crippen molar-refractivity contribution in [2.24, 2.45) is 0 Å². The SMILES string of the molecule is C=C/C=C\C=C(/C)c1cccc(CCC)c1. The lowest BCUT2D eigenvalue weighted by atomic mass is 10.0. The van der Waals surface area contributed by atoms with Crippen LogP contribution in [0, 0.1) is 0 Å². The first kappa shape index (κ1) is 12.5. The van der Waals surface area contributed by atoms with Crippen LogP contribution in [-0.4, -0.2) is 0 Å². The van der Waals surface area contributed by atoms with Gasteiger partial charge in [0.15, 0.2) is 0 Å². The van der Waals surface area contributed by atoms with Gasteiger partial charge in [-0.3, -0.25) is 0 Å². The molecule has 0 bridgehead atoms. The Kier molecular flexibility index (Phi) is 5.35. The predicted octanol–water partition coefficient (Wildman–Crippen LogP) is 4.78. The first-order valence-corrected chi connectivity index (χ1v) is 5.83. The molecular formula is C16H20. The minimum absolute atomic E-state index is 1.16. The van der Waals surface area contributed by atoms with Crippen LogP contribution in [0.5, 0.6) is 0 Å². The van der Waals surface area contributed by atoms with Gasteiger partial charge in [0.25, 0.3) is 0 Å². The molecule has 0 aliphatic heterocycles. The Morgan fingerprint density at radius 3 is 2.81 bits per heavy atom. The maximum Gasteiger partial charge on any atom is -0.0225 e. The zero-order valence-electron chi connectivity index (χ0n) is 10.2. The Morgan fingerprint density at radius 1 is 1.31 bits per heavy atom. The van der Waals surface area contributed by atoms with Crippen molar-refractivity contribution in [1.29, 1.82) is 0 Å². The summed E-state index contributed by atoms with van der Waals surface area (Å²) in [5.74, 6) is 0. The van der Waals surface area contributed by atoms with E-state index in [4.69, 9.17) is 0 Å². The van der Waals surface area contributed by atoms with Gasteiger partial charge in [-0.05, 0) is 30.0 Å². The molecule has 84 valence electrons. The number of benzene rings is 1. The third kappa shape index (κ3) is 3.90. The molecule has 0 unspecified atom stereocenters. The number of allylic oxidation sites excluding steroid dienone is 5. The highest BCUT2D eigenvalue weighted by molar-refractivity contribution is 5.65. The van der Waals surface area contributed by atoms with Crippen LogP contribution in [0.3, 0.4) is 0 Å². The highest BCUT2D eigenvalue weighted by atomic mass is 14.0. The first-order valence-electron chi connectivity index (χ1n) is 5.83. The van der Waals surface area contributed by atoms with E-state index < -0.39 is 0 Å². The van der Waals surface area contributed by atoms with Gasteiger partial charge >= 0.3 is 0 Å². The molecule has 0 aliphatic carbocycles. The monoisotopic (exact) mass is 212 g/mol. The molecule has 0 radical (unpaired) electrons. The largest absolute Gasteiger partial charge is 0.0991 e. The van der Waals surface area contributed by atoms with Gasteiger partial charge in [-0.15, -0.1) is 0 Å². The van der Waals surface area contributed by atoms with E-state index in [-0.39, 0.29) is 0 Å². The summed E-state index contributed by atoms with van der Waals surface area (Å²) in [5.41, 5.74) is 4.01. The first-order chi connectivity index (χ1) is 7.77. The molecule has 0 aromatic heterocycles. The molecule has 1 aromatic rings. The Balaban J connectivity index is 2.86. The molecule has 16 heavy (non-hydrogen) atoms. The lowest BCUT2D eigenvalue weighted by Gasteiger charge is -2.04. The topological polar surface area (TPSA) is 0 Å². The third-order valence-electron chi connectivity index (χ3n) is 2.51. The molecule has 1 rings (SSSR count). The Bertz CT molecular complexity index is 394. The van der Waals surface area contributed by atoms with Gasteiger partial charge in [-0.25, -0.2) is 0 Å². The summed E-state index contributed by atoms with van der Waals surface area (Å²) in [5, 5.41) is 0. The van der Waals surface area contributed by atoms with Gasteiger partial charge in [0.1, 0.15) is 0 Å². The summed E-state index contributed by atoms with van der Waals surface area (Å²) in [4.78, 5) is 0. The van der Waals surface area contributed by atoms with Crippen molar-refractivity contribution in [3.8, 4) is 0 Å². The molecular weight excluding hydrogens is 192 g/mol. The highest BCUT2D eigenvalue weighted by Crippen LogP contribution is 2.16. The van der Waals surface area contributed by atoms with Crippen LogP contribution < -0.4 is 0 Å². The second kappa shape index (κ2) is 6.84. The fourth-order valence-corrected chi connectivity index (χ4v) is 1.64. The number of aryl methyl sites for hydroxylation is 1. The smallest absolute Gasteiger partial charge is 0.0225 e. The summed E-state index contributed by atoms with van der Waals surface area (Å²) >= 11 is 0. The lowest BCUT2D eigenvalue weighted by molar-refractivity contribution is 0.921. The number of hydrogen-bond acceptors (Lipinski definition) is 0. The van der Waals surface area contributed by atoms with Crippen LogP contribution in [0.2, 0.25) is 0 Å². The molecule has 0 nitrogen and oxygen atoms in total. The van der Waals surface area contributed by atoms with E-state index in [1.54, 1.807) is 6.08 Å². The summed E-state index contributed by atoms with van der Waals surface area (Å²) in [6, 6.07) is 8.76. The van der Waals surface area contributed by atoms with Crippen LogP contribution in [0.4, 0.5) is 0 Å². The minimum Gasteiger partial charge on any atom is -0.0991 e. The van der Waals surface area contributed by atoms with Crippen molar-refractivity contribution >= 4 is 5.57 Å². The average Bonchev–Trinajstić information content (AvgIpc) is 2.30. The predicted molar refractivity (Wildman–Crippen MR) is 73.4 cm³/mol. The Morgan fingerprint density at radius 2 is 2.12 bits per heavy atom. The van der Waals surface area contributed by atoms with Crippen LogP contribution in [0.15, 0.2) is 55.1 Å². The Hall–Kier alpha value is -1.56. The van der Waals surface area contributed by atoms with Crippen molar-refractivity contribution < 1.29 is 0 Å². The fourth-order valence-electron chi connectivity index (χ4n) is 1.64. The number of hydrogen-bond donors (Lipinski definition) is 0. The zero-order valence-corrected chi connectivity index (χ0v) is 10.2. The van der Waals surface area contributed by atoms with Crippen LogP contribution in [0.25, 0.3) is 5.57 Å². The van der Waals surface area contributed by atoms with E-state index in [1.165, 1.54) is 23.1 Å². The van der Waals surface area contributed by atoms with Crippen LogP contribution in [-0.2, 0) is 6.42 Å². The van der Waals surface area contributed by atoms with Crippen molar-refractivity contribution in [3.63, 3.8) is 0 Å². The van der Waals surface area contributed by atoms with Gasteiger partial charge in [0, 0.05) is 0 Å². The summed E-state index contributed by atoms with van der Waals surface area (Å²) in [6.07, 6.45) is 10.2. The normalized spacial score (nSPS) is 12.0. The van der Waals surface area contributed by atoms with Crippen molar-refractivity contribution in [2.75, 3.05) is 0 Å². The van der Waals surface area contributed by atoms with Gasteiger partial charge in [0.05, 0.1) is 0 Å². The van der Waals surface area contributed by atoms with E-state index in [2.05, 4.69) is 50.8 Å². The lowest BCUT2D eigenvalue weighted by Crippen LogP contribution is -1.85. The molecule has 0 saturated heterocycles. The zero-order chi connectivity index (χ0) is 11.8. The van der Waals surface area contributed by atoms with Gasteiger partial charge in [-0.2, -0.15) is 0 Å². The van der Waals surface area contributed by atoms with Gasteiger partial charge in [0.2, 0.25) is 0 Å². The van der Waals surface area contributed by atoms with Crippen molar-refractivity contribution in [1.82, 2.24) is 0 Å². The second-order valence-electron chi connectivity index (χ2n) is 3.92.